The zero-order valence-electron chi connectivity index (χ0n) is 11.4. The van der Waals surface area contributed by atoms with Gasteiger partial charge in [-0.2, -0.15) is 0 Å². The van der Waals surface area contributed by atoms with E-state index in [1.54, 1.807) is 24.3 Å². The van der Waals surface area contributed by atoms with E-state index in [2.05, 4.69) is 0 Å². The minimum Gasteiger partial charge on any atom is -0.394 e. The molecule has 21 heavy (non-hydrogen) atoms. The molecule has 0 spiro atoms. The van der Waals surface area contributed by atoms with E-state index in [0.717, 1.165) is 16.7 Å². The minimum absolute atomic E-state index is 0.0422. The molecule has 1 saturated heterocycles. The molecule has 1 aromatic rings. The van der Waals surface area contributed by atoms with Gasteiger partial charge in [0.2, 0.25) is 0 Å². The first-order valence-electron chi connectivity index (χ1n) is 6.52. The molecule has 0 amide bonds. The van der Waals surface area contributed by atoms with Crippen LogP contribution in [0.1, 0.15) is 17.3 Å². The van der Waals surface area contributed by atoms with Crippen molar-refractivity contribution in [3.8, 4) is 0 Å². The first-order chi connectivity index (χ1) is 9.93. The van der Waals surface area contributed by atoms with E-state index >= 15 is 0 Å². The number of benzene rings is 1. The lowest BCUT2D eigenvalue weighted by molar-refractivity contribution is -0.205. The van der Waals surface area contributed by atoms with E-state index in [1.165, 1.54) is 6.92 Å². The monoisotopic (exact) mass is 314 g/mol. The SMILES string of the molecule is CC(=O)c1ccc(S[C@@H]2O[C@H](CO)[C@H](O)[C@H](O)[C@H]2O)cc1. The van der Waals surface area contributed by atoms with E-state index < -0.39 is 36.5 Å². The first-order valence-corrected chi connectivity index (χ1v) is 7.40. The molecule has 0 aromatic heterocycles. The summed E-state index contributed by atoms with van der Waals surface area (Å²) in [6.07, 6.45) is -4.94. The minimum atomic E-state index is -1.38. The van der Waals surface area contributed by atoms with Gasteiger partial charge in [-0.15, -0.1) is 0 Å². The van der Waals surface area contributed by atoms with Gasteiger partial charge in [0, 0.05) is 10.5 Å². The van der Waals surface area contributed by atoms with Crippen molar-refractivity contribution in [3.63, 3.8) is 0 Å². The van der Waals surface area contributed by atoms with Crippen LogP contribution >= 0.6 is 11.8 Å². The number of Topliss-reactive ketones (excluding diaryl/α,β-unsaturated/α-hetero) is 1. The number of hydrogen-bond acceptors (Lipinski definition) is 7. The topological polar surface area (TPSA) is 107 Å². The van der Waals surface area contributed by atoms with Crippen LogP contribution in [0.5, 0.6) is 0 Å². The number of rotatable bonds is 4. The van der Waals surface area contributed by atoms with Gasteiger partial charge in [0.15, 0.2) is 5.78 Å². The predicted octanol–water partition coefficient (Wildman–Crippen LogP) is -0.219. The average Bonchev–Trinajstić information content (AvgIpc) is 2.48. The third-order valence-corrected chi connectivity index (χ3v) is 4.53. The zero-order chi connectivity index (χ0) is 15.6. The molecule has 1 aromatic carbocycles. The highest BCUT2D eigenvalue weighted by atomic mass is 32.2. The summed E-state index contributed by atoms with van der Waals surface area (Å²) in [4.78, 5) is 11.9. The summed E-state index contributed by atoms with van der Waals surface area (Å²) in [6.45, 7) is 1.02. The van der Waals surface area contributed by atoms with Gasteiger partial charge < -0.3 is 25.2 Å². The number of carbonyl (C=O) groups is 1. The standard InChI is InChI=1S/C14H18O6S/c1-7(16)8-2-4-9(5-3-8)21-14-13(19)12(18)11(17)10(6-15)20-14/h2-5,10-15,17-19H,6H2,1H3/t10-,11+,12+,13-,14+/m1/s1. The van der Waals surface area contributed by atoms with Crippen molar-refractivity contribution in [1.29, 1.82) is 0 Å². The maximum Gasteiger partial charge on any atom is 0.159 e. The van der Waals surface area contributed by atoms with Crippen LogP contribution in [0.3, 0.4) is 0 Å². The van der Waals surface area contributed by atoms with Crippen molar-refractivity contribution in [2.75, 3.05) is 6.61 Å². The second-order valence-electron chi connectivity index (χ2n) is 4.90. The lowest BCUT2D eigenvalue weighted by atomic mass is 10.0. The molecular weight excluding hydrogens is 296 g/mol. The third-order valence-electron chi connectivity index (χ3n) is 3.36. The zero-order valence-corrected chi connectivity index (χ0v) is 12.2. The molecule has 7 heteroatoms. The van der Waals surface area contributed by atoms with Crippen LogP contribution in [-0.4, -0.2) is 62.7 Å². The maximum atomic E-state index is 11.2. The average molecular weight is 314 g/mol. The van der Waals surface area contributed by atoms with Gasteiger partial charge in [-0.1, -0.05) is 23.9 Å². The Bertz CT molecular complexity index is 489. The Balaban J connectivity index is 2.08. The summed E-state index contributed by atoms with van der Waals surface area (Å²) >= 11 is 1.15. The molecule has 5 atom stereocenters. The Kier molecular flexibility index (Phi) is 5.37. The van der Waals surface area contributed by atoms with Crippen LogP contribution in [-0.2, 0) is 4.74 Å². The molecule has 0 unspecified atom stereocenters. The molecule has 4 N–H and O–H groups in total. The van der Waals surface area contributed by atoms with E-state index in [0.29, 0.717) is 5.56 Å². The van der Waals surface area contributed by atoms with Gasteiger partial charge >= 0.3 is 0 Å². The van der Waals surface area contributed by atoms with Crippen LogP contribution in [0, 0.1) is 0 Å². The molecule has 0 aliphatic carbocycles. The molecule has 1 fully saturated rings. The summed E-state index contributed by atoms with van der Waals surface area (Å²) in [6, 6.07) is 6.75. The lowest BCUT2D eigenvalue weighted by Gasteiger charge is -2.39. The number of ether oxygens (including phenoxy) is 1. The molecule has 1 aliphatic heterocycles. The van der Waals surface area contributed by atoms with Gasteiger partial charge in [-0.25, -0.2) is 0 Å². The van der Waals surface area contributed by atoms with Crippen molar-refractivity contribution in [2.45, 2.75) is 41.7 Å². The van der Waals surface area contributed by atoms with Crippen LogP contribution in [0.2, 0.25) is 0 Å². The van der Waals surface area contributed by atoms with Gasteiger partial charge in [0.05, 0.1) is 6.61 Å². The number of thioether (sulfide) groups is 1. The fourth-order valence-corrected chi connectivity index (χ4v) is 3.13. The van der Waals surface area contributed by atoms with Crippen molar-refractivity contribution < 1.29 is 30.0 Å². The maximum absolute atomic E-state index is 11.2. The van der Waals surface area contributed by atoms with Crippen molar-refractivity contribution in [3.05, 3.63) is 29.8 Å². The summed E-state index contributed by atoms with van der Waals surface area (Å²) in [5, 5.41) is 38.5. The number of aliphatic hydroxyl groups excluding tert-OH is 4. The van der Waals surface area contributed by atoms with Crippen molar-refractivity contribution in [2.24, 2.45) is 0 Å². The van der Waals surface area contributed by atoms with Crippen LogP contribution in [0.4, 0.5) is 0 Å². The second-order valence-corrected chi connectivity index (χ2v) is 6.07. The molecule has 1 aliphatic rings. The summed E-state index contributed by atoms with van der Waals surface area (Å²) in [7, 11) is 0. The highest BCUT2D eigenvalue weighted by Gasteiger charge is 2.43. The summed E-state index contributed by atoms with van der Waals surface area (Å²) in [5.74, 6) is -0.0422. The van der Waals surface area contributed by atoms with Crippen LogP contribution in [0.15, 0.2) is 29.2 Å². The van der Waals surface area contributed by atoms with Crippen LogP contribution in [0.25, 0.3) is 0 Å². The number of hydrogen-bond donors (Lipinski definition) is 4. The number of ketones is 1. The lowest BCUT2D eigenvalue weighted by Crippen LogP contribution is -2.57. The van der Waals surface area contributed by atoms with E-state index in [4.69, 9.17) is 9.84 Å². The van der Waals surface area contributed by atoms with Gasteiger partial charge in [-0.05, 0) is 19.1 Å². The largest absolute Gasteiger partial charge is 0.394 e. The van der Waals surface area contributed by atoms with E-state index in [9.17, 15) is 20.1 Å². The van der Waals surface area contributed by atoms with Gasteiger partial charge in [0.25, 0.3) is 0 Å². The van der Waals surface area contributed by atoms with Crippen molar-refractivity contribution >= 4 is 17.5 Å². The highest BCUT2D eigenvalue weighted by Crippen LogP contribution is 2.33. The molecule has 2 rings (SSSR count). The Morgan fingerprint density at radius 1 is 1.14 bits per heavy atom. The molecule has 6 nitrogen and oxygen atoms in total. The number of aliphatic hydroxyl groups is 4. The fraction of sp³-hybridized carbons (Fsp3) is 0.500. The van der Waals surface area contributed by atoms with Gasteiger partial charge in [-0.3, -0.25) is 4.79 Å². The van der Waals surface area contributed by atoms with Crippen molar-refractivity contribution in [1.82, 2.24) is 0 Å². The Morgan fingerprint density at radius 3 is 2.29 bits per heavy atom. The Morgan fingerprint density at radius 2 is 1.76 bits per heavy atom. The fourth-order valence-electron chi connectivity index (χ4n) is 2.07. The molecule has 116 valence electrons. The van der Waals surface area contributed by atoms with E-state index in [-0.39, 0.29) is 5.78 Å². The molecule has 0 radical (unpaired) electrons. The third kappa shape index (κ3) is 3.63. The predicted molar refractivity (Wildman–Crippen MR) is 76.1 cm³/mol. The second kappa shape index (κ2) is 6.87. The molecule has 0 saturated carbocycles. The van der Waals surface area contributed by atoms with E-state index in [1.807, 2.05) is 0 Å². The molecular formula is C14H18O6S. The summed E-state index contributed by atoms with van der Waals surface area (Å²) < 4.78 is 5.40. The smallest absolute Gasteiger partial charge is 0.159 e. The first kappa shape index (κ1) is 16.4. The van der Waals surface area contributed by atoms with Gasteiger partial charge in [0.1, 0.15) is 29.9 Å². The van der Waals surface area contributed by atoms with Crippen LogP contribution < -0.4 is 0 Å². The Labute approximate surface area is 126 Å². The Hall–Kier alpha value is -0.960. The molecule has 0 bridgehead atoms. The number of carbonyl (C=O) groups excluding carboxylic acids is 1. The highest BCUT2D eigenvalue weighted by molar-refractivity contribution is 7.99. The normalized spacial score (nSPS) is 32.9. The summed E-state index contributed by atoms with van der Waals surface area (Å²) in [5.41, 5.74) is -0.239. The molecule has 1 heterocycles. The quantitative estimate of drug-likeness (QED) is 0.569.